The van der Waals surface area contributed by atoms with Crippen molar-refractivity contribution in [3.8, 4) is 0 Å². The average Bonchev–Trinajstić information content (AvgIpc) is 2.14. The van der Waals surface area contributed by atoms with E-state index in [-0.39, 0.29) is 12.1 Å². The van der Waals surface area contributed by atoms with E-state index in [1.165, 1.54) is 18.2 Å². The van der Waals surface area contributed by atoms with E-state index in [1.807, 2.05) is 0 Å². The quantitative estimate of drug-likeness (QED) is 0.882. The molecule has 1 aromatic carbocycles. The Kier molecular flexibility index (Phi) is 3.93. The van der Waals surface area contributed by atoms with Crippen molar-refractivity contribution in [1.82, 2.24) is 0 Å². The van der Waals surface area contributed by atoms with E-state index in [1.54, 1.807) is 6.07 Å². The van der Waals surface area contributed by atoms with Crippen LogP contribution in [-0.2, 0) is 6.18 Å². The van der Waals surface area contributed by atoms with Gasteiger partial charge in [0.25, 0.3) is 0 Å². The summed E-state index contributed by atoms with van der Waals surface area (Å²) in [4.78, 5) is 0. The lowest BCUT2D eigenvalue weighted by molar-refractivity contribution is -0.137. The highest BCUT2D eigenvalue weighted by molar-refractivity contribution is 9.10. The molecule has 0 heterocycles. The first-order chi connectivity index (χ1) is 6.95. The normalized spacial score (nSPS) is 12.3. The summed E-state index contributed by atoms with van der Waals surface area (Å²) in [7, 11) is 0. The molecule has 1 nitrogen and oxygen atoms in total. The van der Waals surface area contributed by atoms with Gasteiger partial charge in [-0.25, -0.2) is 0 Å². The standard InChI is InChI=1S/C10H9BrF3N/c11-8-4-3-7(2-1-5-15)9(6-8)10(12,13)14/h1-4,6H,5,15H2/b2-1+. The summed E-state index contributed by atoms with van der Waals surface area (Å²) in [5.41, 5.74) is 4.64. The smallest absolute Gasteiger partial charge is 0.327 e. The van der Waals surface area contributed by atoms with Crippen LogP contribution in [0.3, 0.4) is 0 Å². The van der Waals surface area contributed by atoms with Gasteiger partial charge in [0.15, 0.2) is 0 Å². The van der Waals surface area contributed by atoms with E-state index < -0.39 is 11.7 Å². The minimum Gasteiger partial charge on any atom is -0.327 e. The number of hydrogen-bond acceptors (Lipinski definition) is 1. The summed E-state index contributed by atoms with van der Waals surface area (Å²) in [5.74, 6) is 0. The van der Waals surface area contributed by atoms with Crippen molar-refractivity contribution in [1.29, 1.82) is 0 Å². The van der Waals surface area contributed by atoms with Gasteiger partial charge in [-0.1, -0.05) is 34.1 Å². The summed E-state index contributed by atoms with van der Waals surface area (Å²) < 4.78 is 38.1. The molecule has 0 saturated carbocycles. The Morgan fingerprint density at radius 2 is 2.00 bits per heavy atom. The molecule has 0 unspecified atom stereocenters. The molecule has 0 aliphatic carbocycles. The van der Waals surface area contributed by atoms with Crippen molar-refractivity contribution in [2.24, 2.45) is 5.73 Å². The lowest BCUT2D eigenvalue weighted by Gasteiger charge is -2.10. The van der Waals surface area contributed by atoms with Gasteiger partial charge in [0.05, 0.1) is 5.56 Å². The van der Waals surface area contributed by atoms with Crippen molar-refractivity contribution < 1.29 is 13.2 Å². The predicted molar refractivity (Wildman–Crippen MR) is 57.2 cm³/mol. The average molecular weight is 280 g/mol. The molecule has 1 rings (SSSR count). The van der Waals surface area contributed by atoms with E-state index in [9.17, 15) is 13.2 Å². The zero-order valence-corrected chi connectivity index (χ0v) is 9.27. The van der Waals surface area contributed by atoms with E-state index >= 15 is 0 Å². The van der Waals surface area contributed by atoms with Crippen molar-refractivity contribution in [2.75, 3.05) is 6.54 Å². The van der Waals surface area contributed by atoms with Gasteiger partial charge >= 0.3 is 6.18 Å². The number of rotatable bonds is 2. The van der Waals surface area contributed by atoms with Crippen LogP contribution in [0.1, 0.15) is 11.1 Å². The number of alkyl halides is 3. The van der Waals surface area contributed by atoms with E-state index in [0.717, 1.165) is 6.07 Å². The second-order valence-corrected chi connectivity index (χ2v) is 3.78. The van der Waals surface area contributed by atoms with Gasteiger partial charge in [-0.15, -0.1) is 0 Å². The van der Waals surface area contributed by atoms with Gasteiger partial charge in [-0.2, -0.15) is 13.2 Å². The molecule has 0 aliphatic heterocycles. The van der Waals surface area contributed by atoms with Crippen molar-refractivity contribution in [3.63, 3.8) is 0 Å². The van der Waals surface area contributed by atoms with Crippen molar-refractivity contribution in [3.05, 3.63) is 39.9 Å². The molecule has 5 heteroatoms. The zero-order chi connectivity index (χ0) is 11.5. The molecule has 82 valence electrons. The fourth-order valence-electron chi connectivity index (χ4n) is 1.11. The highest BCUT2D eigenvalue weighted by Gasteiger charge is 2.32. The second kappa shape index (κ2) is 4.81. The molecule has 2 N–H and O–H groups in total. The second-order valence-electron chi connectivity index (χ2n) is 2.87. The first kappa shape index (κ1) is 12.3. The van der Waals surface area contributed by atoms with Gasteiger partial charge in [-0.05, 0) is 17.7 Å². The molecule has 0 aliphatic rings. The highest BCUT2D eigenvalue weighted by atomic mass is 79.9. The molecule has 0 bridgehead atoms. The summed E-state index contributed by atoms with van der Waals surface area (Å²) in [6.45, 7) is 0.216. The molecular weight excluding hydrogens is 271 g/mol. The number of hydrogen-bond donors (Lipinski definition) is 1. The minimum absolute atomic E-state index is 0.121. The maximum atomic E-state index is 12.6. The van der Waals surface area contributed by atoms with Crippen LogP contribution in [0, 0.1) is 0 Å². The fourth-order valence-corrected chi connectivity index (χ4v) is 1.48. The van der Waals surface area contributed by atoms with Gasteiger partial charge < -0.3 is 5.73 Å². The highest BCUT2D eigenvalue weighted by Crippen LogP contribution is 2.34. The molecule has 15 heavy (non-hydrogen) atoms. The number of benzene rings is 1. The summed E-state index contributed by atoms with van der Waals surface area (Å²) in [6, 6.07) is 4.01. The number of halogens is 4. The molecule has 1 aromatic rings. The Hall–Kier alpha value is -0.810. The van der Waals surface area contributed by atoms with Gasteiger partial charge in [0.2, 0.25) is 0 Å². The molecular formula is C10H9BrF3N. The van der Waals surface area contributed by atoms with Crippen LogP contribution >= 0.6 is 15.9 Å². The first-order valence-electron chi connectivity index (χ1n) is 4.18. The SMILES string of the molecule is NC/C=C/c1ccc(Br)cc1C(F)(F)F. The van der Waals surface area contributed by atoms with Crippen LogP contribution in [0.25, 0.3) is 6.08 Å². The van der Waals surface area contributed by atoms with Crippen LogP contribution in [0.4, 0.5) is 13.2 Å². The molecule has 0 fully saturated rings. The summed E-state index contributed by atoms with van der Waals surface area (Å²) in [5, 5.41) is 0. The molecule has 0 amide bonds. The van der Waals surface area contributed by atoms with Gasteiger partial charge in [0.1, 0.15) is 0 Å². The Morgan fingerprint density at radius 3 is 2.53 bits per heavy atom. The van der Waals surface area contributed by atoms with Crippen molar-refractivity contribution in [2.45, 2.75) is 6.18 Å². The zero-order valence-electron chi connectivity index (χ0n) is 7.68. The third-order valence-electron chi connectivity index (χ3n) is 1.75. The monoisotopic (exact) mass is 279 g/mol. The van der Waals surface area contributed by atoms with E-state index in [2.05, 4.69) is 15.9 Å². The molecule has 0 atom stereocenters. The summed E-state index contributed by atoms with van der Waals surface area (Å²) in [6.07, 6.45) is -1.49. The third kappa shape index (κ3) is 3.35. The molecule has 0 aromatic heterocycles. The topological polar surface area (TPSA) is 26.0 Å². The van der Waals surface area contributed by atoms with Crippen LogP contribution in [0.5, 0.6) is 0 Å². The van der Waals surface area contributed by atoms with Gasteiger partial charge in [0, 0.05) is 11.0 Å². The van der Waals surface area contributed by atoms with Crippen molar-refractivity contribution >= 4 is 22.0 Å². The van der Waals surface area contributed by atoms with Crippen LogP contribution in [0.2, 0.25) is 0 Å². The Bertz CT molecular complexity index is 371. The Balaban J connectivity index is 3.21. The fraction of sp³-hybridized carbons (Fsp3) is 0.200. The first-order valence-corrected chi connectivity index (χ1v) is 4.98. The maximum Gasteiger partial charge on any atom is 0.417 e. The van der Waals surface area contributed by atoms with E-state index in [4.69, 9.17) is 5.73 Å². The lowest BCUT2D eigenvalue weighted by Crippen LogP contribution is -2.07. The molecule has 0 saturated heterocycles. The Labute approximate surface area is 93.9 Å². The minimum atomic E-state index is -4.35. The molecule has 0 radical (unpaired) electrons. The van der Waals surface area contributed by atoms with Crippen LogP contribution in [0.15, 0.2) is 28.7 Å². The summed E-state index contributed by atoms with van der Waals surface area (Å²) >= 11 is 3.01. The largest absolute Gasteiger partial charge is 0.417 e. The van der Waals surface area contributed by atoms with Crippen LogP contribution < -0.4 is 5.73 Å². The van der Waals surface area contributed by atoms with Crippen LogP contribution in [-0.4, -0.2) is 6.54 Å². The van der Waals surface area contributed by atoms with E-state index in [0.29, 0.717) is 4.47 Å². The predicted octanol–water partition coefficient (Wildman–Crippen LogP) is 3.44. The lowest BCUT2D eigenvalue weighted by atomic mass is 10.1. The number of nitrogens with two attached hydrogens (primary N) is 1. The maximum absolute atomic E-state index is 12.6. The third-order valence-corrected chi connectivity index (χ3v) is 2.25. The Morgan fingerprint density at radius 1 is 1.33 bits per heavy atom. The van der Waals surface area contributed by atoms with Gasteiger partial charge in [-0.3, -0.25) is 0 Å². The molecule has 0 spiro atoms.